The fraction of sp³-hybridized carbons (Fsp3) is 0.278. The van der Waals surface area contributed by atoms with Gasteiger partial charge < -0.3 is 8.98 Å². The van der Waals surface area contributed by atoms with Gasteiger partial charge in [-0.25, -0.2) is 8.42 Å². The molecule has 2 aromatic heterocycles. The van der Waals surface area contributed by atoms with Crippen molar-refractivity contribution < 1.29 is 17.8 Å². The third-order valence-electron chi connectivity index (χ3n) is 4.76. The molecule has 11 nitrogen and oxygen atoms in total. The minimum absolute atomic E-state index is 0.0270. The molecule has 1 aliphatic heterocycles. The van der Waals surface area contributed by atoms with E-state index in [1.807, 2.05) is 0 Å². The highest BCUT2D eigenvalue weighted by Crippen LogP contribution is 2.22. The number of hydrogen-bond donors (Lipinski definition) is 0. The van der Waals surface area contributed by atoms with Crippen LogP contribution in [0.2, 0.25) is 0 Å². The van der Waals surface area contributed by atoms with Crippen LogP contribution in [-0.2, 0) is 16.6 Å². The zero-order valence-corrected chi connectivity index (χ0v) is 16.5. The van der Waals surface area contributed by atoms with Crippen LogP contribution in [0.3, 0.4) is 0 Å². The molecule has 4 rings (SSSR count). The molecular weight excluding hydrogens is 414 g/mol. The Bertz CT molecular complexity index is 1240. The van der Waals surface area contributed by atoms with E-state index in [9.17, 15) is 23.3 Å². The molecule has 1 fully saturated rings. The summed E-state index contributed by atoms with van der Waals surface area (Å²) >= 11 is 0. The summed E-state index contributed by atoms with van der Waals surface area (Å²) in [5.41, 5.74) is 0.00332. The van der Waals surface area contributed by atoms with Crippen LogP contribution in [0.25, 0.3) is 11.5 Å². The maximum Gasteiger partial charge on any atom is 0.269 e. The Hall–Kier alpha value is -3.38. The van der Waals surface area contributed by atoms with Crippen molar-refractivity contribution in [3.8, 4) is 11.5 Å². The molecule has 0 aliphatic carbocycles. The molecule has 0 atom stereocenters. The van der Waals surface area contributed by atoms with Gasteiger partial charge in [-0.1, -0.05) is 0 Å². The topological polar surface area (TPSA) is 141 Å². The van der Waals surface area contributed by atoms with Crippen molar-refractivity contribution in [2.75, 3.05) is 13.1 Å². The Morgan fingerprint density at radius 1 is 1.07 bits per heavy atom. The minimum Gasteiger partial charge on any atom is -0.419 e. The second kappa shape index (κ2) is 7.80. The number of nitro groups is 1. The standard InChI is InChI=1S/C18H17N5O6S/c24-17-8-7-15(30(27,28)22-9-1-2-10-22)11-21(17)12-16-19-20-18(29-16)13-3-5-14(6-4-13)23(25)26/h3-8,11H,1-2,9-10,12H2. The first-order chi connectivity index (χ1) is 14.3. The maximum atomic E-state index is 12.7. The highest BCUT2D eigenvalue weighted by atomic mass is 32.2. The van der Waals surface area contributed by atoms with Gasteiger partial charge in [-0.2, -0.15) is 4.31 Å². The molecule has 12 heteroatoms. The molecule has 0 N–H and O–H groups in total. The molecular formula is C18H17N5O6S. The summed E-state index contributed by atoms with van der Waals surface area (Å²) in [6, 6.07) is 8.07. The molecule has 156 valence electrons. The first-order valence-electron chi connectivity index (χ1n) is 9.12. The molecule has 0 saturated carbocycles. The fourth-order valence-corrected chi connectivity index (χ4v) is 4.71. The van der Waals surface area contributed by atoms with Gasteiger partial charge in [-0.15, -0.1) is 10.2 Å². The van der Waals surface area contributed by atoms with Crippen LogP contribution in [0.4, 0.5) is 5.69 Å². The summed E-state index contributed by atoms with van der Waals surface area (Å²) in [4.78, 5) is 22.5. The second-order valence-electron chi connectivity index (χ2n) is 6.75. The van der Waals surface area contributed by atoms with E-state index in [4.69, 9.17) is 4.42 Å². The van der Waals surface area contributed by atoms with E-state index in [-0.39, 0.29) is 28.9 Å². The Balaban J connectivity index is 1.58. The zero-order valence-electron chi connectivity index (χ0n) is 15.7. The first-order valence-corrected chi connectivity index (χ1v) is 10.6. The molecule has 0 radical (unpaired) electrons. The van der Waals surface area contributed by atoms with Crippen molar-refractivity contribution in [2.45, 2.75) is 24.3 Å². The van der Waals surface area contributed by atoms with Crippen LogP contribution >= 0.6 is 0 Å². The number of nitrogens with zero attached hydrogens (tertiary/aromatic N) is 5. The molecule has 1 aromatic carbocycles. The van der Waals surface area contributed by atoms with Gasteiger partial charge in [0.05, 0.1) is 9.82 Å². The van der Waals surface area contributed by atoms with Crippen LogP contribution in [0.5, 0.6) is 0 Å². The summed E-state index contributed by atoms with van der Waals surface area (Å²) in [6.07, 6.45) is 2.89. The third kappa shape index (κ3) is 3.86. The van der Waals surface area contributed by atoms with E-state index < -0.39 is 20.5 Å². The van der Waals surface area contributed by atoms with E-state index in [0.717, 1.165) is 12.8 Å². The van der Waals surface area contributed by atoms with Crippen molar-refractivity contribution in [1.82, 2.24) is 19.1 Å². The first kappa shape index (κ1) is 19.9. The van der Waals surface area contributed by atoms with Gasteiger partial charge in [0.1, 0.15) is 6.54 Å². The number of nitro benzene ring substituents is 1. The number of hydrogen-bond acceptors (Lipinski definition) is 8. The highest BCUT2D eigenvalue weighted by molar-refractivity contribution is 7.89. The smallest absolute Gasteiger partial charge is 0.269 e. The summed E-state index contributed by atoms with van der Waals surface area (Å²) in [7, 11) is -3.67. The van der Waals surface area contributed by atoms with Crippen LogP contribution in [0.15, 0.2) is 56.7 Å². The number of sulfonamides is 1. The van der Waals surface area contributed by atoms with E-state index in [0.29, 0.717) is 18.7 Å². The zero-order chi connectivity index (χ0) is 21.3. The van der Waals surface area contributed by atoms with E-state index in [1.54, 1.807) is 0 Å². The number of non-ortho nitro benzene ring substituents is 1. The van der Waals surface area contributed by atoms with E-state index in [2.05, 4.69) is 10.2 Å². The lowest BCUT2D eigenvalue weighted by Gasteiger charge is -2.16. The highest BCUT2D eigenvalue weighted by Gasteiger charge is 2.27. The lowest BCUT2D eigenvalue weighted by Crippen LogP contribution is -2.29. The van der Waals surface area contributed by atoms with Gasteiger partial charge in [-0.3, -0.25) is 14.9 Å². The van der Waals surface area contributed by atoms with Gasteiger partial charge in [0.25, 0.3) is 11.2 Å². The Morgan fingerprint density at radius 3 is 2.43 bits per heavy atom. The van der Waals surface area contributed by atoms with Gasteiger partial charge in [0.2, 0.25) is 21.8 Å². The van der Waals surface area contributed by atoms with E-state index >= 15 is 0 Å². The van der Waals surface area contributed by atoms with Crippen LogP contribution in [-0.4, -0.2) is 45.5 Å². The monoisotopic (exact) mass is 431 g/mol. The van der Waals surface area contributed by atoms with Crippen LogP contribution in [0, 0.1) is 10.1 Å². The van der Waals surface area contributed by atoms with Crippen molar-refractivity contribution in [2.24, 2.45) is 0 Å². The SMILES string of the molecule is O=c1ccc(S(=O)(=O)N2CCCC2)cn1Cc1nnc(-c2ccc([N+](=O)[O-])cc2)o1. The summed E-state index contributed by atoms with van der Waals surface area (Å²) in [5.74, 6) is 0.231. The number of aromatic nitrogens is 3. The molecule has 0 amide bonds. The Labute approximate surface area is 170 Å². The molecule has 1 saturated heterocycles. The van der Waals surface area contributed by atoms with Crippen molar-refractivity contribution in [3.63, 3.8) is 0 Å². The van der Waals surface area contributed by atoms with Crippen molar-refractivity contribution in [1.29, 1.82) is 0 Å². The largest absolute Gasteiger partial charge is 0.419 e. The van der Waals surface area contributed by atoms with Gasteiger partial charge in [-0.05, 0) is 31.0 Å². The number of pyridine rings is 1. The lowest BCUT2D eigenvalue weighted by molar-refractivity contribution is -0.384. The molecule has 3 aromatic rings. The average Bonchev–Trinajstić information content (AvgIpc) is 3.42. The summed E-state index contributed by atoms with van der Waals surface area (Å²) < 4.78 is 33.6. The molecule has 30 heavy (non-hydrogen) atoms. The molecule has 1 aliphatic rings. The fourth-order valence-electron chi connectivity index (χ4n) is 3.17. The quantitative estimate of drug-likeness (QED) is 0.423. The predicted octanol–water partition coefficient (Wildman–Crippen LogP) is 1.64. The van der Waals surface area contributed by atoms with Crippen LogP contribution < -0.4 is 5.56 Å². The molecule has 0 spiro atoms. The average molecular weight is 431 g/mol. The van der Waals surface area contributed by atoms with Crippen LogP contribution in [0.1, 0.15) is 18.7 Å². The Kier molecular flexibility index (Phi) is 5.18. The second-order valence-corrected chi connectivity index (χ2v) is 8.69. The number of rotatable bonds is 6. The normalized spacial score (nSPS) is 14.8. The number of benzene rings is 1. The summed E-state index contributed by atoms with van der Waals surface area (Å²) in [5, 5.41) is 18.5. The molecule has 3 heterocycles. The minimum atomic E-state index is -3.67. The molecule has 0 bridgehead atoms. The van der Waals surface area contributed by atoms with Gasteiger partial charge in [0, 0.05) is 43.0 Å². The molecule has 0 unspecified atom stereocenters. The summed E-state index contributed by atoms with van der Waals surface area (Å²) in [6.45, 7) is 0.815. The van der Waals surface area contributed by atoms with Gasteiger partial charge >= 0.3 is 0 Å². The lowest BCUT2D eigenvalue weighted by atomic mass is 10.2. The van der Waals surface area contributed by atoms with Crippen molar-refractivity contribution in [3.05, 3.63) is 69.0 Å². The maximum absolute atomic E-state index is 12.7. The Morgan fingerprint density at radius 2 is 1.77 bits per heavy atom. The van der Waals surface area contributed by atoms with Crippen molar-refractivity contribution >= 4 is 15.7 Å². The predicted molar refractivity (Wildman–Crippen MR) is 104 cm³/mol. The third-order valence-corrected chi connectivity index (χ3v) is 6.64. The van der Waals surface area contributed by atoms with E-state index in [1.165, 1.54) is 51.5 Å². The van der Waals surface area contributed by atoms with Gasteiger partial charge in [0.15, 0.2) is 0 Å².